The highest BCUT2D eigenvalue weighted by molar-refractivity contribution is 5.32. The minimum atomic E-state index is -0.574. The van der Waals surface area contributed by atoms with Crippen molar-refractivity contribution < 1.29 is 5.11 Å². The molecule has 0 aliphatic heterocycles. The van der Waals surface area contributed by atoms with Crippen molar-refractivity contribution in [2.45, 2.75) is 31.3 Å². The molecule has 0 amide bonds. The first-order valence-electron chi connectivity index (χ1n) is 6.58. The highest BCUT2D eigenvalue weighted by atomic mass is 16.3. The average Bonchev–Trinajstić information content (AvgIpc) is 2.39. The van der Waals surface area contributed by atoms with Crippen LogP contribution in [0.5, 0.6) is 0 Å². The highest BCUT2D eigenvalue weighted by Crippen LogP contribution is 2.31. The van der Waals surface area contributed by atoms with Crippen LogP contribution >= 0.6 is 0 Å². The molecule has 1 nitrogen and oxygen atoms in total. The Morgan fingerprint density at radius 1 is 0.889 bits per heavy atom. The lowest BCUT2D eigenvalue weighted by atomic mass is 9.77. The summed E-state index contributed by atoms with van der Waals surface area (Å²) < 4.78 is 0. The predicted octanol–water partition coefficient (Wildman–Crippen LogP) is 3.15. The van der Waals surface area contributed by atoms with Crippen molar-refractivity contribution >= 4 is 0 Å². The van der Waals surface area contributed by atoms with Crippen LogP contribution in [0.3, 0.4) is 0 Å². The lowest BCUT2D eigenvalue weighted by molar-refractivity contribution is 0.0267. The van der Waals surface area contributed by atoms with Gasteiger partial charge < -0.3 is 5.11 Å². The zero-order valence-corrected chi connectivity index (χ0v) is 10.5. The van der Waals surface area contributed by atoms with E-state index in [0.29, 0.717) is 0 Å². The molecule has 2 aromatic rings. The lowest BCUT2D eigenvalue weighted by Gasteiger charge is -2.33. The molecule has 18 heavy (non-hydrogen) atoms. The van der Waals surface area contributed by atoms with E-state index < -0.39 is 5.60 Å². The molecule has 1 aliphatic rings. The third kappa shape index (κ3) is 2.32. The van der Waals surface area contributed by atoms with Gasteiger partial charge in [0.05, 0.1) is 5.60 Å². The average molecular weight is 238 g/mol. The maximum atomic E-state index is 10.8. The predicted molar refractivity (Wildman–Crippen MR) is 73.6 cm³/mol. The highest BCUT2D eigenvalue weighted by Gasteiger charge is 2.31. The van der Waals surface area contributed by atoms with Gasteiger partial charge >= 0.3 is 0 Å². The quantitative estimate of drug-likeness (QED) is 0.852. The fraction of sp³-hybridized carbons (Fsp3) is 0.294. The maximum Gasteiger partial charge on any atom is 0.0731 e. The molecule has 1 N–H and O–H groups in total. The Kier molecular flexibility index (Phi) is 2.92. The molecule has 1 atom stereocenters. The minimum absolute atomic E-state index is 0.574. The van der Waals surface area contributed by atoms with Crippen LogP contribution < -0.4 is 0 Å². The molecule has 3 rings (SSSR count). The van der Waals surface area contributed by atoms with E-state index >= 15 is 0 Å². The first kappa shape index (κ1) is 11.5. The van der Waals surface area contributed by atoms with Crippen LogP contribution in [0, 0.1) is 0 Å². The third-order valence-corrected chi connectivity index (χ3v) is 3.87. The number of benzene rings is 2. The number of aliphatic hydroxyl groups is 1. The summed E-state index contributed by atoms with van der Waals surface area (Å²) in [6.07, 6.45) is 3.37. The summed E-state index contributed by atoms with van der Waals surface area (Å²) in [5, 5.41) is 10.8. The standard InChI is InChI=1S/C17H18O/c18-17(12-14-6-2-1-3-7-14)11-10-15-8-4-5-9-16(15)13-17/h1-9,18H,10-13H2. The fourth-order valence-electron chi connectivity index (χ4n) is 2.91. The fourth-order valence-corrected chi connectivity index (χ4v) is 2.91. The van der Waals surface area contributed by atoms with Crippen molar-refractivity contribution in [1.82, 2.24) is 0 Å². The molecule has 2 aromatic carbocycles. The largest absolute Gasteiger partial charge is 0.389 e. The van der Waals surface area contributed by atoms with Gasteiger partial charge in [-0.15, -0.1) is 0 Å². The topological polar surface area (TPSA) is 20.2 Å². The molecule has 0 aromatic heterocycles. The number of hydrogen-bond acceptors (Lipinski definition) is 1. The Labute approximate surface area is 108 Å². The monoisotopic (exact) mass is 238 g/mol. The van der Waals surface area contributed by atoms with Crippen molar-refractivity contribution in [2.24, 2.45) is 0 Å². The molecule has 0 heterocycles. The zero-order chi connectivity index (χ0) is 12.4. The Morgan fingerprint density at radius 2 is 1.56 bits per heavy atom. The zero-order valence-electron chi connectivity index (χ0n) is 10.5. The summed E-state index contributed by atoms with van der Waals surface area (Å²) in [6, 6.07) is 18.8. The van der Waals surface area contributed by atoms with E-state index in [1.165, 1.54) is 16.7 Å². The van der Waals surface area contributed by atoms with E-state index in [1.807, 2.05) is 18.2 Å². The molecule has 1 heteroatoms. The van der Waals surface area contributed by atoms with E-state index in [0.717, 1.165) is 25.7 Å². The van der Waals surface area contributed by atoms with Crippen LogP contribution in [0.2, 0.25) is 0 Å². The normalized spacial score (nSPS) is 22.5. The number of fused-ring (bicyclic) bond motifs is 1. The molecule has 0 saturated carbocycles. The molecule has 0 radical (unpaired) electrons. The second kappa shape index (κ2) is 4.58. The van der Waals surface area contributed by atoms with Gasteiger partial charge in [-0.05, 0) is 29.5 Å². The van der Waals surface area contributed by atoms with Crippen LogP contribution in [0.1, 0.15) is 23.1 Å². The van der Waals surface area contributed by atoms with Crippen molar-refractivity contribution in [3.8, 4) is 0 Å². The summed E-state index contributed by atoms with van der Waals surface area (Å²) in [6.45, 7) is 0. The Morgan fingerprint density at radius 3 is 2.33 bits per heavy atom. The third-order valence-electron chi connectivity index (χ3n) is 3.87. The molecule has 1 unspecified atom stereocenters. The molecule has 0 bridgehead atoms. The smallest absolute Gasteiger partial charge is 0.0731 e. The molecular weight excluding hydrogens is 220 g/mol. The number of hydrogen-bond donors (Lipinski definition) is 1. The van der Waals surface area contributed by atoms with Crippen LogP contribution in [0.15, 0.2) is 54.6 Å². The van der Waals surface area contributed by atoms with Crippen LogP contribution in [-0.2, 0) is 19.3 Å². The summed E-state index contributed by atoms with van der Waals surface area (Å²) in [5.74, 6) is 0. The van der Waals surface area contributed by atoms with Gasteiger partial charge in [0.2, 0.25) is 0 Å². The molecule has 1 aliphatic carbocycles. The summed E-state index contributed by atoms with van der Waals surface area (Å²) >= 11 is 0. The molecule has 0 fully saturated rings. The van der Waals surface area contributed by atoms with Gasteiger partial charge in [-0.3, -0.25) is 0 Å². The Bertz CT molecular complexity index is 532. The van der Waals surface area contributed by atoms with Crippen LogP contribution in [0.4, 0.5) is 0 Å². The van der Waals surface area contributed by atoms with Gasteiger partial charge in [-0.1, -0.05) is 54.6 Å². The second-order valence-corrected chi connectivity index (χ2v) is 5.33. The van der Waals surface area contributed by atoms with Crippen molar-refractivity contribution in [3.63, 3.8) is 0 Å². The molecule has 92 valence electrons. The first-order chi connectivity index (χ1) is 8.75. The van der Waals surface area contributed by atoms with E-state index in [4.69, 9.17) is 0 Å². The maximum absolute atomic E-state index is 10.8. The number of rotatable bonds is 2. The first-order valence-corrected chi connectivity index (χ1v) is 6.58. The van der Waals surface area contributed by atoms with Gasteiger partial charge in [0.25, 0.3) is 0 Å². The summed E-state index contributed by atoms with van der Waals surface area (Å²) in [5.41, 5.74) is 3.35. The second-order valence-electron chi connectivity index (χ2n) is 5.33. The van der Waals surface area contributed by atoms with Crippen molar-refractivity contribution in [3.05, 3.63) is 71.3 Å². The molecular formula is C17H18O. The van der Waals surface area contributed by atoms with Gasteiger partial charge in [0.1, 0.15) is 0 Å². The molecule has 0 spiro atoms. The van der Waals surface area contributed by atoms with Crippen molar-refractivity contribution in [2.75, 3.05) is 0 Å². The SMILES string of the molecule is OC1(Cc2ccccc2)CCc2ccccc2C1. The Hall–Kier alpha value is -1.60. The van der Waals surface area contributed by atoms with Gasteiger partial charge in [0.15, 0.2) is 0 Å². The summed E-state index contributed by atoms with van der Waals surface area (Å²) in [7, 11) is 0. The van der Waals surface area contributed by atoms with E-state index in [9.17, 15) is 5.11 Å². The number of aryl methyl sites for hydroxylation is 1. The van der Waals surface area contributed by atoms with Gasteiger partial charge in [-0.2, -0.15) is 0 Å². The van der Waals surface area contributed by atoms with E-state index in [-0.39, 0.29) is 0 Å². The lowest BCUT2D eigenvalue weighted by Crippen LogP contribution is -2.38. The minimum Gasteiger partial charge on any atom is -0.389 e. The van der Waals surface area contributed by atoms with Crippen molar-refractivity contribution in [1.29, 1.82) is 0 Å². The van der Waals surface area contributed by atoms with Crippen LogP contribution in [-0.4, -0.2) is 10.7 Å². The van der Waals surface area contributed by atoms with Gasteiger partial charge in [0, 0.05) is 12.8 Å². The van der Waals surface area contributed by atoms with E-state index in [2.05, 4.69) is 36.4 Å². The van der Waals surface area contributed by atoms with E-state index in [1.54, 1.807) is 0 Å². The Balaban J connectivity index is 1.82. The molecule has 0 saturated heterocycles. The summed E-state index contributed by atoms with van der Waals surface area (Å²) in [4.78, 5) is 0. The van der Waals surface area contributed by atoms with Crippen LogP contribution in [0.25, 0.3) is 0 Å². The van der Waals surface area contributed by atoms with Gasteiger partial charge in [-0.25, -0.2) is 0 Å².